The second kappa shape index (κ2) is 9.10. The van der Waals surface area contributed by atoms with Crippen LogP contribution in [0.4, 0.5) is 5.69 Å². The van der Waals surface area contributed by atoms with Crippen LogP contribution >= 0.6 is 11.6 Å². The normalized spacial score (nSPS) is 12.4. The number of fused-ring (bicyclic) bond motifs is 1. The molecule has 0 aromatic heterocycles. The molecule has 3 aromatic carbocycles. The smallest absolute Gasteiger partial charge is 0.255 e. The van der Waals surface area contributed by atoms with Crippen LogP contribution in [0.1, 0.15) is 21.5 Å². The van der Waals surface area contributed by atoms with E-state index < -0.39 is 9.84 Å². The van der Waals surface area contributed by atoms with E-state index in [4.69, 9.17) is 21.1 Å². The van der Waals surface area contributed by atoms with Crippen LogP contribution in [0.15, 0.2) is 65.6 Å². The van der Waals surface area contributed by atoms with Crippen LogP contribution < -0.4 is 20.1 Å². The van der Waals surface area contributed by atoms with Gasteiger partial charge in [-0.15, -0.1) is 0 Å². The largest absolute Gasteiger partial charge is 0.454 e. The molecular weight excluding hydrogens is 452 g/mol. The second-order valence-corrected chi connectivity index (χ2v) is 9.73. The summed E-state index contributed by atoms with van der Waals surface area (Å²) in [7, 11) is -3.25. The molecule has 2 N–H and O–H groups in total. The minimum atomic E-state index is -3.25. The number of hydrogen-bond acceptors (Lipinski definition) is 6. The SMILES string of the molecule is CS(=O)(=O)c1ccc(CNc2cccc(Cl)c2C(=O)NCc2ccc3c(c2)OCO3)cc1. The van der Waals surface area contributed by atoms with Gasteiger partial charge in [-0.05, 0) is 47.5 Å². The van der Waals surface area contributed by atoms with Crippen molar-refractivity contribution in [3.63, 3.8) is 0 Å². The number of rotatable bonds is 7. The Morgan fingerprint density at radius 1 is 0.969 bits per heavy atom. The summed E-state index contributed by atoms with van der Waals surface area (Å²) in [5.41, 5.74) is 2.65. The molecule has 7 nitrogen and oxygen atoms in total. The number of hydrogen-bond donors (Lipinski definition) is 2. The number of nitrogens with one attached hydrogen (secondary N) is 2. The van der Waals surface area contributed by atoms with Crippen LogP contribution in [0.5, 0.6) is 11.5 Å². The molecule has 0 radical (unpaired) electrons. The molecule has 0 saturated heterocycles. The highest BCUT2D eigenvalue weighted by Gasteiger charge is 2.17. The van der Waals surface area contributed by atoms with Gasteiger partial charge in [-0.2, -0.15) is 0 Å². The fourth-order valence-corrected chi connectivity index (χ4v) is 4.17. The van der Waals surface area contributed by atoms with Gasteiger partial charge >= 0.3 is 0 Å². The lowest BCUT2D eigenvalue weighted by Gasteiger charge is -2.14. The van der Waals surface area contributed by atoms with E-state index in [2.05, 4.69) is 10.6 Å². The highest BCUT2D eigenvalue weighted by Crippen LogP contribution is 2.32. The summed E-state index contributed by atoms with van der Waals surface area (Å²) in [5, 5.41) is 6.42. The van der Waals surface area contributed by atoms with Crippen LogP contribution in [0, 0.1) is 0 Å². The van der Waals surface area contributed by atoms with Crippen molar-refractivity contribution in [3.8, 4) is 11.5 Å². The van der Waals surface area contributed by atoms with Crippen molar-refractivity contribution in [2.75, 3.05) is 18.4 Å². The van der Waals surface area contributed by atoms with Crippen LogP contribution in [0.2, 0.25) is 5.02 Å². The number of anilines is 1. The first-order chi connectivity index (χ1) is 15.3. The predicted octanol–water partition coefficient (Wildman–Crippen LogP) is 4.01. The van der Waals surface area contributed by atoms with E-state index in [0.717, 1.165) is 11.1 Å². The first-order valence-corrected chi connectivity index (χ1v) is 12.1. The van der Waals surface area contributed by atoms with Crippen LogP contribution in [-0.4, -0.2) is 27.4 Å². The minimum absolute atomic E-state index is 0.191. The van der Waals surface area contributed by atoms with Crippen molar-refractivity contribution in [1.82, 2.24) is 5.32 Å². The maximum Gasteiger partial charge on any atom is 0.255 e. The zero-order valence-electron chi connectivity index (χ0n) is 17.2. The quantitative estimate of drug-likeness (QED) is 0.539. The Labute approximate surface area is 191 Å². The van der Waals surface area contributed by atoms with E-state index in [-0.39, 0.29) is 17.6 Å². The van der Waals surface area contributed by atoms with Crippen LogP contribution in [-0.2, 0) is 22.9 Å². The van der Waals surface area contributed by atoms with Crippen molar-refractivity contribution >= 4 is 33.0 Å². The third-order valence-corrected chi connectivity index (χ3v) is 6.41. The average Bonchev–Trinajstić information content (AvgIpc) is 3.23. The Morgan fingerprint density at radius 3 is 2.44 bits per heavy atom. The van der Waals surface area contributed by atoms with Gasteiger partial charge in [0.05, 0.1) is 15.5 Å². The lowest BCUT2D eigenvalue weighted by molar-refractivity contribution is 0.0951. The molecule has 3 aromatic rings. The third-order valence-electron chi connectivity index (χ3n) is 4.97. The molecule has 9 heteroatoms. The lowest BCUT2D eigenvalue weighted by atomic mass is 10.1. The first-order valence-electron chi connectivity index (χ1n) is 9.79. The number of carbonyl (C=O) groups is 1. The van der Waals surface area contributed by atoms with Gasteiger partial charge in [0.25, 0.3) is 5.91 Å². The number of benzene rings is 3. The molecule has 0 saturated carbocycles. The number of sulfone groups is 1. The number of amides is 1. The predicted molar refractivity (Wildman–Crippen MR) is 122 cm³/mol. The van der Waals surface area contributed by atoms with E-state index in [1.54, 1.807) is 48.5 Å². The molecule has 0 bridgehead atoms. The van der Waals surface area contributed by atoms with E-state index >= 15 is 0 Å². The number of ether oxygens (including phenoxy) is 2. The Morgan fingerprint density at radius 2 is 1.69 bits per heavy atom. The standard InChI is InChI=1S/C23H21ClN2O5S/c1-32(28,29)17-8-5-15(6-9-17)12-25-19-4-2-3-18(24)22(19)23(27)26-13-16-7-10-20-21(11-16)31-14-30-20/h2-11,25H,12-14H2,1H3,(H,26,27). The van der Waals surface area contributed by atoms with E-state index in [1.807, 2.05) is 12.1 Å². The zero-order chi connectivity index (χ0) is 22.7. The van der Waals surface area contributed by atoms with Gasteiger partial charge in [0.15, 0.2) is 21.3 Å². The molecule has 1 amide bonds. The highest BCUT2D eigenvalue weighted by molar-refractivity contribution is 7.90. The van der Waals surface area contributed by atoms with Gasteiger partial charge in [-0.1, -0.05) is 35.9 Å². The third kappa shape index (κ3) is 4.98. The molecule has 1 aliphatic heterocycles. The highest BCUT2D eigenvalue weighted by atomic mass is 35.5. The zero-order valence-corrected chi connectivity index (χ0v) is 18.8. The molecule has 4 rings (SSSR count). The van der Waals surface area contributed by atoms with Gasteiger partial charge in [-0.25, -0.2) is 8.42 Å². The summed E-state index contributed by atoms with van der Waals surface area (Å²) in [6.07, 6.45) is 1.17. The molecular formula is C23H21ClN2O5S. The summed E-state index contributed by atoms with van der Waals surface area (Å²) in [6.45, 7) is 0.886. The second-order valence-electron chi connectivity index (χ2n) is 7.30. The molecule has 1 heterocycles. The Hall–Kier alpha value is -3.23. The monoisotopic (exact) mass is 472 g/mol. The summed E-state index contributed by atoms with van der Waals surface area (Å²) in [6, 6.07) is 17.3. The van der Waals surface area contributed by atoms with Gasteiger partial charge in [0.2, 0.25) is 6.79 Å². The minimum Gasteiger partial charge on any atom is -0.454 e. The van der Waals surface area contributed by atoms with Gasteiger partial charge in [-0.3, -0.25) is 4.79 Å². The number of halogens is 1. The van der Waals surface area contributed by atoms with Crippen LogP contribution in [0.25, 0.3) is 0 Å². The molecule has 166 valence electrons. The van der Waals surface area contributed by atoms with Crippen molar-refractivity contribution in [2.24, 2.45) is 0 Å². The number of carbonyl (C=O) groups excluding carboxylic acids is 1. The maximum absolute atomic E-state index is 12.9. The Bertz CT molecular complexity index is 1260. The Balaban J connectivity index is 1.44. The summed E-state index contributed by atoms with van der Waals surface area (Å²) in [4.78, 5) is 13.2. The van der Waals surface area contributed by atoms with E-state index in [1.165, 1.54) is 6.26 Å². The summed E-state index contributed by atoms with van der Waals surface area (Å²) >= 11 is 6.33. The van der Waals surface area contributed by atoms with Crippen molar-refractivity contribution in [2.45, 2.75) is 18.0 Å². The molecule has 1 aliphatic rings. The van der Waals surface area contributed by atoms with Crippen molar-refractivity contribution < 1.29 is 22.7 Å². The fourth-order valence-electron chi connectivity index (χ4n) is 3.28. The van der Waals surface area contributed by atoms with E-state index in [0.29, 0.717) is 40.9 Å². The van der Waals surface area contributed by atoms with Gasteiger partial charge in [0.1, 0.15) is 0 Å². The molecule has 0 unspecified atom stereocenters. The van der Waals surface area contributed by atoms with Crippen molar-refractivity contribution in [1.29, 1.82) is 0 Å². The molecule has 0 spiro atoms. The summed E-state index contributed by atoms with van der Waals surface area (Å²) in [5.74, 6) is 1.02. The molecule has 0 aliphatic carbocycles. The van der Waals surface area contributed by atoms with Crippen LogP contribution in [0.3, 0.4) is 0 Å². The van der Waals surface area contributed by atoms with Crippen molar-refractivity contribution in [3.05, 3.63) is 82.4 Å². The fraction of sp³-hybridized carbons (Fsp3) is 0.174. The van der Waals surface area contributed by atoms with Gasteiger partial charge in [0, 0.05) is 25.0 Å². The van der Waals surface area contributed by atoms with E-state index in [9.17, 15) is 13.2 Å². The first kappa shape index (κ1) is 22.0. The Kier molecular flexibility index (Phi) is 6.25. The molecule has 32 heavy (non-hydrogen) atoms. The molecule has 0 fully saturated rings. The maximum atomic E-state index is 12.9. The summed E-state index contributed by atoms with van der Waals surface area (Å²) < 4.78 is 33.9. The van der Waals surface area contributed by atoms with Gasteiger partial charge < -0.3 is 20.1 Å². The molecule has 0 atom stereocenters. The average molecular weight is 473 g/mol. The lowest BCUT2D eigenvalue weighted by Crippen LogP contribution is -2.24. The topological polar surface area (TPSA) is 93.7 Å².